The van der Waals surface area contributed by atoms with E-state index in [-0.39, 0.29) is 17.9 Å². The molecule has 5 heteroatoms. The average molecular weight is 315 g/mol. The Kier molecular flexibility index (Phi) is 4.96. The molecule has 2 saturated heterocycles. The topological polar surface area (TPSA) is 52.7 Å². The lowest BCUT2D eigenvalue weighted by atomic mass is 10.0. The Morgan fingerprint density at radius 3 is 2.65 bits per heavy atom. The van der Waals surface area contributed by atoms with Gasteiger partial charge in [-0.3, -0.25) is 9.59 Å². The Morgan fingerprint density at radius 1 is 1.17 bits per heavy atom. The number of amides is 2. The summed E-state index contributed by atoms with van der Waals surface area (Å²) in [5.41, 5.74) is 1.78. The van der Waals surface area contributed by atoms with E-state index in [0.29, 0.717) is 13.1 Å². The summed E-state index contributed by atoms with van der Waals surface area (Å²) in [6, 6.07) is 7.35. The fourth-order valence-electron chi connectivity index (χ4n) is 3.51. The molecule has 1 atom stereocenters. The second kappa shape index (κ2) is 7.13. The van der Waals surface area contributed by atoms with Gasteiger partial charge >= 0.3 is 0 Å². The van der Waals surface area contributed by atoms with Gasteiger partial charge in [0, 0.05) is 38.3 Å². The van der Waals surface area contributed by atoms with Crippen LogP contribution in [0.25, 0.3) is 0 Å². The fraction of sp³-hybridized carbons (Fsp3) is 0.556. The van der Waals surface area contributed by atoms with Crippen molar-refractivity contribution in [1.82, 2.24) is 15.1 Å². The molecule has 1 unspecified atom stereocenters. The standard InChI is InChI=1S/C18H25N3O2/c1-2-14-7-3-4-8-15(14)17(22)21-12-9-19-13-16(21)18(23)20-10-5-6-11-20/h3-4,7-8,16,19H,2,5-6,9-13H2,1H3. The van der Waals surface area contributed by atoms with Gasteiger partial charge in [0.2, 0.25) is 5.91 Å². The minimum Gasteiger partial charge on any atom is -0.341 e. The predicted molar refractivity (Wildman–Crippen MR) is 89.3 cm³/mol. The molecule has 2 aliphatic heterocycles. The summed E-state index contributed by atoms with van der Waals surface area (Å²) in [5.74, 6) is 0.0820. The van der Waals surface area contributed by atoms with Crippen molar-refractivity contribution in [3.05, 3.63) is 35.4 Å². The number of carbonyl (C=O) groups excluding carboxylic acids is 2. The maximum Gasteiger partial charge on any atom is 0.254 e. The smallest absolute Gasteiger partial charge is 0.254 e. The number of hydrogen-bond donors (Lipinski definition) is 1. The maximum absolute atomic E-state index is 13.0. The highest BCUT2D eigenvalue weighted by molar-refractivity contribution is 5.99. The molecule has 2 heterocycles. The van der Waals surface area contributed by atoms with Gasteiger partial charge in [0.05, 0.1) is 0 Å². The van der Waals surface area contributed by atoms with Crippen molar-refractivity contribution < 1.29 is 9.59 Å². The number of aryl methyl sites for hydroxylation is 1. The highest BCUT2D eigenvalue weighted by atomic mass is 16.2. The Morgan fingerprint density at radius 2 is 1.91 bits per heavy atom. The van der Waals surface area contributed by atoms with Crippen molar-refractivity contribution in [2.75, 3.05) is 32.7 Å². The summed E-state index contributed by atoms with van der Waals surface area (Å²) in [4.78, 5) is 29.5. The molecule has 2 aliphatic rings. The van der Waals surface area contributed by atoms with E-state index in [4.69, 9.17) is 0 Å². The minimum absolute atomic E-state index is 0.0125. The monoisotopic (exact) mass is 315 g/mol. The fourth-order valence-corrected chi connectivity index (χ4v) is 3.51. The summed E-state index contributed by atoms with van der Waals surface area (Å²) in [5, 5.41) is 3.26. The lowest BCUT2D eigenvalue weighted by Gasteiger charge is -2.37. The van der Waals surface area contributed by atoms with Crippen molar-refractivity contribution in [1.29, 1.82) is 0 Å². The lowest BCUT2D eigenvalue weighted by Crippen LogP contribution is -2.60. The number of likely N-dealkylation sites (tertiary alicyclic amines) is 1. The number of carbonyl (C=O) groups is 2. The summed E-state index contributed by atoms with van der Waals surface area (Å²) in [6.45, 7) is 5.57. The first kappa shape index (κ1) is 16.0. The van der Waals surface area contributed by atoms with Gasteiger partial charge in [-0.05, 0) is 30.9 Å². The van der Waals surface area contributed by atoms with Crippen molar-refractivity contribution in [2.24, 2.45) is 0 Å². The number of nitrogens with zero attached hydrogens (tertiary/aromatic N) is 2. The minimum atomic E-state index is -0.376. The van der Waals surface area contributed by atoms with Gasteiger partial charge in [-0.25, -0.2) is 0 Å². The third-order valence-corrected chi connectivity index (χ3v) is 4.84. The molecule has 0 bridgehead atoms. The first-order valence-corrected chi connectivity index (χ1v) is 8.60. The molecule has 0 aliphatic carbocycles. The third kappa shape index (κ3) is 3.24. The molecule has 23 heavy (non-hydrogen) atoms. The third-order valence-electron chi connectivity index (χ3n) is 4.84. The van der Waals surface area contributed by atoms with Crippen LogP contribution in [0.3, 0.4) is 0 Å². The Hall–Kier alpha value is -1.88. The van der Waals surface area contributed by atoms with Gasteiger partial charge in [0.15, 0.2) is 0 Å². The first-order valence-electron chi connectivity index (χ1n) is 8.60. The number of nitrogens with one attached hydrogen (secondary N) is 1. The molecule has 0 radical (unpaired) electrons. The first-order chi connectivity index (χ1) is 11.2. The normalized spacial score (nSPS) is 21.5. The van der Waals surface area contributed by atoms with Crippen LogP contribution in [0.2, 0.25) is 0 Å². The van der Waals surface area contributed by atoms with Crippen molar-refractivity contribution in [3.63, 3.8) is 0 Å². The highest BCUT2D eigenvalue weighted by Gasteiger charge is 2.36. The molecule has 0 aromatic heterocycles. The Bertz CT molecular complexity index is 581. The molecule has 2 fully saturated rings. The Labute approximate surface area is 137 Å². The number of benzene rings is 1. The summed E-state index contributed by atoms with van der Waals surface area (Å²) >= 11 is 0. The number of piperazine rings is 1. The zero-order valence-corrected chi connectivity index (χ0v) is 13.8. The SMILES string of the molecule is CCc1ccccc1C(=O)N1CCNCC1C(=O)N1CCCC1. The molecule has 1 aromatic rings. The molecule has 2 amide bonds. The zero-order valence-electron chi connectivity index (χ0n) is 13.8. The van der Waals surface area contributed by atoms with Crippen LogP contribution in [-0.4, -0.2) is 60.4 Å². The molecular formula is C18H25N3O2. The van der Waals surface area contributed by atoms with Crippen molar-refractivity contribution in [2.45, 2.75) is 32.2 Å². The zero-order chi connectivity index (χ0) is 16.2. The van der Waals surface area contributed by atoms with E-state index in [1.807, 2.05) is 29.2 Å². The Balaban J connectivity index is 1.83. The van der Waals surface area contributed by atoms with Gasteiger partial charge in [-0.2, -0.15) is 0 Å². The van der Waals surface area contributed by atoms with E-state index in [1.54, 1.807) is 4.90 Å². The van der Waals surface area contributed by atoms with E-state index in [1.165, 1.54) is 0 Å². The quantitative estimate of drug-likeness (QED) is 0.914. The lowest BCUT2D eigenvalue weighted by molar-refractivity contribution is -0.135. The molecule has 1 N–H and O–H groups in total. The van der Waals surface area contributed by atoms with E-state index in [9.17, 15) is 9.59 Å². The predicted octanol–water partition coefficient (Wildman–Crippen LogP) is 1.29. The highest BCUT2D eigenvalue weighted by Crippen LogP contribution is 2.18. The van der Waals surface area contributed by atoms with Crippen molar-refractivity contribution >= 4 is 11.8 Å². The van der Waals surface area contributed by atoms with Crippen LogP contribution >= 0.6 is 0 Å². The number of hydrogen-bond acceptors (Lipinski definition) is 3. The second-order valence-electron chi connectivity index (χ2n) is 6.26. The van der Waals surface area contributed by atoms with E-state index < -0.39 is 0 Å². The summed E-state index contributed by atoms with van der Waals surface area (Å²) < 4.78 is 0. The van der Waals surface area contributed by atoms with Crippen LogP contribution in [0.1, 0.15) is 35.7 Å². The molecule has 1 aromatic carbocycles. The van der Waals surface area contributed by atoms with Crippen molar-refractivity contribution in [3.8, 4) is 0 Å². The van der Waals surface area contributed by atoms with E-state index >= 15 is 0 Å². The average Bonchev–Trinajstić information content (AvgIpc) is 3.15. The van der Waals surface area contributed by atoms with Gasteiger partial charge in [0.1, 0.15) is 6.04 Å². The largest absolute Gasteiger partial charge is 0.341 e. The molecule has 3 rings (SSSR count). The van der Waals surface area contributed by atoms with Crippen LogP contribution in [0.5, 0.6) is 0 Å². The van der Waals surface area contributed by atoms with Gasteiger partial charge in [-0.15, -0.1) is 0 Å². The van der Waals surface area contributed by atoms with Gasteiger partial charge in [0.25, 0.3) is 5.91 Å². The summed E-state index contributed by atoms with van der Waals surface area (Å²) in [7, 11) is 0. The number of rotatable bonds is 3. The molecule has 5 nitrogen and oxygen atoms in total. The summed E-state index contributed by atoms with van der Waals surface area (Å²) in [6.07, 6.45) is 2.95. The van der Waals surface area contributed by atoms with Crippen LogP contribution < -0.4 is 5.32 Å². The van der Waals surface area contributed by atoms with Crippen LogP contribution in [0, 0.1) is 0 Å². The van der Waals surface area contributed by atoms with Gasteiger partial charge < -0.3 is 15.1 Å². The molecule has 0 saturated carbocycles. The van der Waals surface area contributed by atoms with Crippen LogP contribution in [0.4, 0.5) is 0 Å². The van der Waals surface area contributed by atoms with E-state index in [2.05, 4.69) is 12.2 Å². The van der Waals surface area contributed by atoms with Crippen LogP contribution in [0.15, 0.2) is 24.3 Å². The van der Waals surface area contributed by atoms with E-state index in [0.717, 1.165) is 50.0 Å². The maximum atomic E-state index is 13.0. The molecule has 124 valence electrons. The molecular weight excluding hydrogens is 290 g/mol. The molecule has 0 spiro atoms. The van der Waals surface area contributed by atoms with Crippen LogP contribution in [-0.2, 0) is 11.2 Å². The second-order valence-corrected chi connectivity index (χ2v) is 6.26. The van der Waals surface area contributed by atoms with Gasteiger partial charge in [-0.1, -0.05) is 25.1 Å².